The summed E-state index contributed by atoms with van der Waals surface area (Å²) in [7, 11) is 0. The van der Waals surface area contributed by atoms with E-state index < -0.39 is 22.6 Å². The molecule has 0 fully saturated rings. The number of rotatable bonds is 9. The van der Waals surface area contributed by atoms with Gasteiger partial charge in [0.25, 0.3) is 5.69 Å². The van der Waals surface area contributed by atoms with E-state index in [1.165, 1.54) is 18.2 Å². The number of carbonyl (C=O) groups is 1. The summed E-state index contributed by atoms with van der Waals surface area (Å²) >= 11 is 5.86. The van der Waals surface area contributed by atoms with Crippen molar-refractivity contribution in [1.29, 1.82) is 0 Å². The zero-order valence-corrected chi connectivity index (χ0v) is 16.1. The number of esters is 1. The Hall–Kier alpha value is -3.27. The molecular weight excluding hydrogens is 429 g/mol. The van der Waals surface area contributed by atoms with Crippen LogP contribution in [0.5, 0.6) is 11.5 Å². The van der Waals surface area contributed by atoms with E-state index in [2.05, 4.69) is 11.9 Å². The lowest BCUT2D eigenvalue weighted by atomic mass is 10.2. The van der Waals surface area contributed by atoms with Crippen LogP contribution in [0.2, 0.25) is 5.02 Å². The number of hydrogen-bond acceptors (Lipinski definition) is 6. The summed E-state index contributed by atoms with van der Waals surface area (Å²) in [6.45, 7) is 3.51. The molecule has 2 rings (SSSR count). The summed E-state index contributed by atoms with van der Waals surface area (Å²) in [5.41, 5.74) is -1.16. The first-order chi connectivity index (χ1) is 14.1. The molecule has 30 heavy (non-hydrogen) atoms. The van der Waals surface area contributed by atoms with Crippen LogP contribution in [0.4, 0.5) is 24.5 Å². The molecule has 0 bridgehead atoms. The van der Waals surface area contributed by atoms with Crippen molar-refractivity contribution in [2.24, 2.45) is 0 Å². The molecule has 0 heterocycles. The highest BCUT2D eigenvalue weighted by Crippen LogP contribution is 2.37. The average molecular weight is 445 g/mol. The molecule has 160 valence electrons. The molecule has 0 unspecified atom stereocenters. The van der Waals surface area contributed by atoms with Gasteiger partial charge in [-0.05, 0) is 24.3 Å². The minimum atomic E-state index is -4.56. The van der Waals surface area contributed by atoms with Gasteiger partial charge in [0.05, 0.1) is 21.9 Å². The Balaban J connectivity index is 2.16. The summed E-state index contributed by atoms with van der Waals surface area (Å²) in [5.74, 6) is -0.481. The fourth-order valence-electron chi connectivity index (χ4n) is 2.29. The van der Waals surface area contributed by atoms with Crippen molar-refractivity contribution in [3.8, 4) is 11.5 Å². The number of nitrogens with zero attached hydrogens (tertiary/aromatic N) is 1. The van der Waals surface area contributed by atoms with Crippen LogP contribution in [-0.2, 0) is 15.7 Å². The lowest BCUT2D eigenvalue weighted by Crippen LogP contribution is -2.12. The van der Waals surface area contributed by atoms with Gasteiger partial charge in [0.2, 0.25) is 0 Å². The number of nitro benzene ring substituents is 1. The maximum atomic E-state index is 12.7. The number of ether oxygens (including phenoxy) is 2. The Morgan fingerprint density at radius 2 is 2.00 bits per heavy atom. The Bertz CT molecular complexity index is 950. The molecule has 2 aromatic carbocycles. The minimum Gasteiger partial charge on any atom is -0.461 e. The van der Waals surface area contributed by atoms with E-state index >= 15 is 0 Å². The van der Waals surface area contributed by atoms with Crippen LogP contribution in [0.15, 0.2) is 49.1 Å². The first kappa shape index (κ1) is 23.0. The van der Waals surface area contributed by atoms with Crippen molar-refractivity contribution in [2.45, 2.75) is 12.6 Å². The molecule has 11 heteroatoms. The van der Waals surface area contributed by atoms with Gasteiger partial charge in [0.15, 0.2) is 0 Å². The number of nitrogens with one attached hydrogen (secondary N) is 1. The molecule has 0 aliphatic carbocycles. The number of hydrogen-bond donors (Lipinski definition) is 1. The van der Waals surface area contributed by atoms with E-state index in [-0.39, 0.29) is 47.5 Å². The van der Waals surface area contributed by atoms with Gasteiger partial charge in [-0.1, -0.05) is 24.3 Å². The maximum Gasteiger partial charge on any atom is 0.416 e. The topological polar surface area (TPSA) is 90.7 Å². The van der Waals surface area contributed by atoms with Crippen molar-refractivity contribution in [1.82, 2.24) is 0 Å². The summed E-state index contributed by atoms with van der Waals surface area (Å²) in [6.07, 6.45) is -3.20. The van der Waals surface area contributed by atoms with Crippen molar-refractivity contribution in [3.05, 3.63) is 69.8 Å². The largest absolute Gasteiger partial charge is 0.461 e. The van der Waals surface area contributed by atoms with Crippen LogP contribution in [-0.4, -0.2) is 24.0 Å². The van der Waals surface area contributed by atoms with Crippen LogP contribution in [0.3, 0.4) is 0 Å². The third kappa shape index (κ3) is 6.38. The third-order valence-electron chi connectivity index (χ3n) is 3.66. The number of nitro groups is 1. The predicted molar refractivity (Wildman–Crippen MR) is 104 cm³/mol. The Labute approximate surface area is 174 Å². The van der Waals surface area contributed by atoms with Gasteiger partial charge in [0, 0.05) is 18.7 Å². The molecule has 0 spiro atoms. The monoisotopic (exact) mass is 444 g/mol. The van der Waals surface area contributed by atoms with Crippen molar-refractivity contribution >= 4 is 28.9 Å². The van der Waals surface area contributed by atoms with Crippen LogP contribution >= 0.6 is 11.6 Å². The highest BCUT2D eigenvalue weighted by molar-refractivity contribution is 6.32. The lowest BCUT2D eigenvalue weighted by Gasteiger charge is -2.12. The van der Waals surface area contributed by atoms with E-state index in [1.54, 1.807) is 0 Å². The second kappa shape index (κ2) is 9.97. The smallest absolute Gasteiger partial charge is 0.416 e. The van der Waals surface area contributed by atoms with Crippen molar-refractivity contribution in [3.63, 3.8) is 0 Å². The lowest BCUT2D eigenvalue weighted by molar-refractivity contribution is -0.384. The van der Waals surface area contributed by atoms with Crippen molar-refractivity contribution in [2.75, 3.05) is 18.5 Å². The summed E-state index contributed by atoms with van der Waals surface area (Å²) in [4.78, 5) is 22.1. The van der Waals surface area contributed by atoms with Gasteiger partial charge in [-0.25, -0.2) is 0 Å². The quantitative estimate of drug-likeness (QED) is 0.234. The van der Waals surface area contributed by atoms with Gasteiger partial charge in [-0.15, -0.1) is 0 Å². The number of anilines is 1. The van der Waals surface area contributed by atoms with E-state index in [4.69, 9.17) is 21.1 Å². The van der Waals surface area contributed by atoms with E-state index in [9.17, 15) is 28.1 Å². The molecule has 0 aromatic heterocycles. The number of benzene rings is 2. The summed E-state index contributed by atoms with van der Waals surface area (Å²) in [5, 5.41) is 13.7. The van der Waals surface area contributed by atoms with Gasteiger partial charge in [-0.3, -0.25) is 14.9 Å². The zero-order valence-electron chi connectivity index (χ0n) is 15.4. The Morgan fingerprint density at radius 3 is 2.60 bits per heavy atom. The second-order valence-electron chi connectivity index (χ2n) is 5.83. The van der Waals surface area contributed by atoms with Crippen LogP contribution in [0, 0.1) is 10.1 Å². The van der Waals surface area contributed by atoms with Gasteiger partial charge >= 0.3 is 12.1 Å². The SMILES string of the molecule is C=CCOC(=O)CCNc1cc(Oc2ccc(C(F)(F)F)cc2Cl)ccc1[N+](=O)[O-]. The van der Waals surface area contributed by atoms with E-state index in [0.29, 0.717) is 0 Å². The molecule has 2 aromatic rings. The fourth-order valence-corrected chi connectivity index (χ4v) is 2.51. The fraction of sp³-hybridized carbons (Fsp3) is 0.211. The van der Waals surface area contributed by atoms with Crippen LogP contribution in [0.1, 0.15) is 12.0 Å². The molecule has 1 N–H and O–H groups in total. The van der Waals surface area contributed by atoms with Crippen molar-refractivity contribution < 1.29 is 32.4 Å². The molecule has 0 aliphatic heterocycles. The van der Waals surface area contributed by atoms with Crippen LogP contribution < -0.4 is 10.1 Å². The molecule has 0 aliphatic rings. The summed E-state index contributed by atoms with van der Waals surface area (Å²) in [6, 6.07) is 6.29. The van der Waals surface area contributed by atoms with Crippen LogP contribution in [0.25, 0.3) is 0 Å². The Kier molecular flexibility index (Phi) is 7.65. The number of alkyl halides is 3. The van der Waals surface area contributed by atoms with E-state index in [0.717, 1.165) is 24.3 Å². The predicted octanol–water partition coefficient (Wildman–Crippen LogP) is 5.59. The number of carbonyl (C=O) groups excluding carboxylic acids is 1. The average Bonchev–Trinajstić information content (AvgIpc) is 2.67. The Morgan fingerprint density at radius 1 is 1.27 bits per heavy atom. The molecular formula is C19H16ClF3N2O5. The normalized spacial score (nSPS) is 10.9. The molecule has 0 saturated heterocycles. The zero-order chi connectivity index (χ0) is 22.3. The van der Waals surface area contributed by atoms with Gasteiger partial charge < -0.3 is 14.8 Å². The highest BCUT2D eigenvalue weighted by Gasteiger charge is 2.31. The highest BCUT2D eigenvalue weighted by atomic mass is 35.5. The first-order valence-corrected chi connectivity index (χ1v) is 8.83. The maximum absolute atomic E-state index is 12.7. The number of halogens is 4. The standard InChI is InChI=1S/C19H16ClF3N2O5/c1-2-9-29-18(26)7-8-24-15-11-13(4-5-16(15)25(27)28)30-17-6-3-12(10-14(17)20)19(21,22)23/h2-6,10-11,24H,1,7-9H2. The molecule has 7 nitrogen and oxygen atoms in total. The third-order valence-corrected chi connectivity index (χ3v) is 3.95. The van der Waals surface area contributed by atoms with Gasteiger partial charge in [-0.2, -0.15) is 13.2 Å². The second-order valence-corrected chi connectivity index (χ2v) is 6.24. The van der Waals surface area contributed by atoms with E-state index in [1.807, 2.05) is 0 Å². The summed E-state index contributed by atoms with van der Waals surface area (Å²) < 4.78 is 48.5. The molecule has 0 saturated carbocycles. The molecule has 0 radical (unpaired) electrons. The molecule has 0 atom stereocenters. The van der Waals surface area contributed by atoms with Gasteiger partial charge in [0.1, 0.15) is 23.8 Å². The minimum absolute atomic E-state index is 0.0430. The molecule has 0 amide bonds. The first-order valence-electron chi connectivity index (χ1n) is 8.45.